The molecule has 5 unspecified atom stereocenters. The van der Waals surface area contributed by atoms with Crippen molar-refractivity contribution in [3.8, 4) is 5.75 Å². The van der Waals surface area contributed by atoms with Gasteiger partial charge in [-0.2, -0.15) is 11.8 Å². The SMILES string of the molecule is CC(C)(CCOC1(C)CC1CNC(=O)CCCCC1SCC2NC(=O)NC21)NC(=O)c1ccc(OC/C(=C/F)CN)cc1. The van der Waals surface area contributed by atoms with Gasteiger partial charge in [-0.3, -0.25) is 9.59 Å². The van der Waals surface area contributed by atoms with E-state index in [-0.39, 0.29) is 54.6 Å². The van der Waals surface area contributed by atoms with Crippen molar-refractivity contribution in [2.24, 2.45) is 11.7 Å². The van der Waals surface area contributed by atoms with Gasteiger partial charge < -0.3 is 36.5 Å². The first-order valence-electron chi connectivity index (χ1n) is 15.1. The predicted molar refractivity (Wildman–Crippen MR) is 166 cm³/mol. The molecule has 0 aromatic heterocycles. The molecule has 3 fully saturated rings. The van der Waals surface area contributed by atoms with E-state index in [4.69, 9.17) is 15.2 Å². The Bertz CT molecular complexity index is 1170. The van der Waals surface area contributed by atoms with Gasteiger partial charge in [0.25, 0.3) is 5.91 Å². The van der Waals surface area contributed by atoms with Crippen LogP contribution < -0.4 is 31.7 Å². The number of halogens is 1. The zero-order valence-electron chi connectivity index (χ0n) is 25.4. The van der Waals surface area contributed by atoms with Crippen molar-refractivity contribution in [3.05, 3.63) is 41.7 Å². The largest absolute Gasteiger partial charge is 0.489 e. The van der Waals surface area contributed by atoms with Crippen LogP contribution in [0.1, 0.15) is 69.7 Å². The topological polar surface area (TPSA) is 144 Å². The van der Waals surface area contributed by atoms with Gasteiger partial charge >= 0.3 is 6.03 Å². The molecule has 12 heteroatoms. The van der Waals surface area contributed by atoms with Crippen LogP contribution in [0.3, 0.4) is 0 Å². The number of hydrogen-bond donors (Lipinski definition) is 5. The summed E-state index contributed by atoms with van der Waals surface area (Å²) in [6, 6.07) is 7.06. The molecule has 10 nitrogen and oxygen atoms in total. The van der Waals surface area contributed by atoms with Crippen LogP contribution in [0.15, 0.2) is 36.2 Å². The molecule has 4 amide bonds. The first kappa shape index (κ1) is 33.1. The van der Waals surface area contributed by atoms with Gasteiger partial charge in [-0.15, -0.1) is 0 Å². The Hall–Kier alpha value is -2.83. The van der Waals surface area contributed by atoms with Gasteiger partial charge in [0.1, 0.15) is 12.4 Å². The molecule has 4 rings (SSSR count). The van der Waals surface area contributed by atoms with E-state index in [0.717, 1.165) is 31.4 Å². The van der Waals surface area contributed by atoms with Gasteiger partial charge in [0.05, 0.1) is 24.0 Å². The lowest BCUT2D eigenvalue weighted by Crippen LogP contribution is -2.44. The molecule has 0 bridgehead atoms. The third kappa shape index (κ3) is 9.58. The van der Waals surface area contributed by atoms with E-state index in [1.165, 1.54) is 0 Å². The summed E-state index contributed by atoms with van der Waals surface area (Å²) in [4.78, 5) is 36.7. The van der Waals surface area contributed by atoms with Crippen LogP contribution in [-0.4, -0.2) is 78.4 Å². The molecular weight excluding hydrogens is 573 g/mol. The molecular formula is C31H46FN5O5S. The highest BCUT2D eigenvalue weighted by Gasteiger charge is 2.51. The Kier molecular flexibility index (Phi) is 11.4. The number of hydrogen-bond acceptors (Lipinski definition) is 7. The van der Waals surface area contributed by atoms with Gasteiger partial charge in [0.15, 0.2) is 0 Å². The summed E-state index contributed by atoms with van der Waals surface area (Å²) in [5.74, 6) is 1.63. The molecule has 5 atom stereocenters. The number of fused-ring (bicyclic) bond motifs is 1. The van der Waals surface area contributed by atoms with Crippen molar-refractivity contribution in [2.45, 2.75) is 87.8 Å². The van der Waals surface area contributed by atoms with Crippen molar-refractivity contribution < 1.29 is 28.2 Å². The number of nitrogens with one attached hydrogen (secondary N) is 4. The summed E-state index contributed by atoms with van der Waals surface area (Å²) in [6.07, 6.45) is 5.29. The number of ether oxygens (including phenoxy) is 2. The summed E-state index contributed by atoms with van der Waals surface area (Å²) in [6.45, 7) is 7.22. The van der Waals surface area contributed by atoms with E-state index in [2.05, 4.69) is 28.2 Å². The van der Waals surface area contributed by atoms with E-state index in [0.29, 0.717) is 54.5 Å². The van der Waals surface area contributed by atoms with Crippen molar-refractivity contribution in [1.29, 1.82) is 0 Å². The Morgan fingerprint density at radius 1 is 1.23 bits per heavy atom. The lowest BCUT2D eigenvalue weighted by molar-refractivity contribution is -0.121. The first-order chi connectivity index (χ1) is 20.5. The van der Waals surface area contributed by atoms with Crippen LogP contribution in [0.4, 0.5) is 9.18 Å². The van der Waals surface area contributed by atoms with Crippen molar-refractivity contribution in [3.63, 3.8) is 0 Å². The van der Waals surface area contributed by atoms with Gasteiger partial charge in [-0.1, -0.05) is 6.42 Å². The number of urea groups is 1. The van der Waals surface area contributed by atoms with Crippen LogP contribution >= 0.6 is 11.8 Å². The number of benzene rings is 1. The molecule has 2 saturated heterocycles. The molecule has 43 heavy (non-hydrogen) atoms. The van der Waals surface area contributed by atoms with Crippen molar-refractivity contribution in [2.75, 3.05) is 32.1 Å². The summed E-state index contributed by atoms with van der Waals surface area (Å²) in [5, 5.41) is 12.5. The molecule has 2 heterocycles. The van der Waals surface area contributed by atoms with Crippen LogP contribution in [0.5, 0.6) is 5.75 Å². The summed E-state index contributed by atoms with van der Waals surface area (Å²) >= 11 is 1.90. The van der Waals surface area contributed by atoms with Crippen LogP contribution in [0.2, 0.25) is 0 Å². The lowest BCUT2D eigenvalue weighted by Gasteiger charge is -2.27. The van der Waals surface area contributed by atoms with Crippen molar-refractivity contribution in [1.82, 2.24) is 21.3 Å². The highest BCUT2D eigenvalue weighted by Crippen LogP contribution is 2.46. The summed E-state index contributed by atoms with van der Waals surface area (Å²) in [5.41, 5.74) is 5.53. The second-order valence-electron chi connectivity index (χ2n) is 12.6. The van der Waals surface area contributed by atoms with E-state index in [1.807, 2.05) is 25.6 Å². The van der Waals surface area contributed by atoms with Crippen LogP contribution in [-0.2, 0) is 9.53 Å². The third-order valence-corrected chi connectivity index (χ3v) is 10.1. The number of thioether (sulfide) groups is 1. The second-order valence-corrected chi connectivity index (χ2v) is 13.9. The minimum Gasteiger partial charge on any atom is -0.489 e. The maximum Gasteiger partial charge on any atom is 0.315 e. The smallest absolute Gasteiger partial charge is 0.315 e. The fraction of sp³-hybridized carbons (Fsp3) is 0.645. The minimum atomic E-state index is -0.485. The molecule has 2 aliphatic heterocycles. The number of rotatable bonds is 17. The van der Waals surface area contributed by atoms with Gasteiger partial charge in [0.2, 0.25) is 5.91 Å². The lowest BCUT2D eigenvalue weighted by atomic mass is 10.0. The first-order valence-corrected chi connectivity index (χ1v) is 16.2. The molecule has 0 spiro atoms. The van der Waals surface area contributed by atoms with E-state index < -0.39 is 5.54 Å². The van der Waals surface area contributed by atoms with Crippen molar-refractivity contribution >= 4 is 29.6 Å². The maximum atomic E-state index is 12.8. The number of carbonyl (C=O) groups is 3. The maximum absolute atomic E-state index is 12.8. The monoisotopic (exact) mass is 619 g/mol. The average molecular weight is 620 g/mol. The number of carbonyl (C=O) groups excluding carboxylic acids is 3. The third-order valence-electron chi connectivity index (χ3n) is 8.55. The molecule has 6 N–H and O–H groups in total. The second kappa shape index (κ2) is 14.8. The zero-order chi connectivity index (χ0) is 31.0. The van der Waals surface area contributed by atoms with Crippen LogP contribution in [0, 0.1) is 5.92 Å². The average Bonchev–Trinajstić information content (AvgIpc) is 3.24. The van der Waals surface area contributed by atoms with E-state index >= 15 is 0 Å². The van der Waals surface area contributed by atoms with E-state index in [1.54, 1.807) is 24.3 Å². The molecule has 1 aliphatic carbocycles. The highest BCUT2D eigenvalue weighted by molar-refractivity contribution is 8.00. The fourth-order valence-electron chi connectivity index (χ4n) is 5.49. The normalized spacial score (nSPS) is 26.3. The number of amides is 4. The van der Waals surface area contributed by atoms with Gasteiger partial charge in [-0.05, 0) is 70.7 Å². The standard InChI is InChI=1S/C31H46FN5O5S/c1-30(2,37-28(39)21-8-10-23(11-9-21)41-18-20(15-32)16-33)12-13-42-31(3)14-22(31)17-34-26(38)7-5-4-6-25-27-24(19-43-25)35-29(40)36-27/h8-11,15,22,24-25,27H,4-7,12-14,16-19,33H2,1-3H3,(H,34,38)(H,37,39)(H2,35,36,40)/b20-15+. The number of unbranched alkanes of at least 4 members (excludes halogenated alkanes) is 1. The molecule has 0 radical (unpaired) electrons. The Labute approximate surface area is 257 Å². The Balaban J connectivity index is 1.07. The molecule has 3 aliphatic rings. The highest BCUT2D eigenvalue weighted by atomic mass is 32.2. The summed E-state index contributed by atoms with van der Waals surface area (Å²) < 4.78 is 24.3. The zero-order valence-corrected chi connectivity index (χ0v) is 26.2. The molecule has 1 aromatic carbocycles. The fourth-order valence-corrected chi connectivity index (χ4v) is 7.03. The summed E-state index contributed by atoms with van der Waals surface area (Å²) in [7, 11) is 0. The Morgan fingerprint density at radius 3 is 2.72 bits per heavy atom. The predicted octanol–water partition coefficient (Wildman–Crippen LogP) is 3.41. The van der Waals surface area contributed by atoms with Gasteiger partial charge in [0, 0.05) is 59.7 Å². The minimum absolute atomic E-state index is 0.0558. The molecule has 1 saturated carbocycles. The quantitative estimate of drug-likeness (QED) is 0.133. The van der Waals surface area contributed by atoms with Gasteiger partial charge in [-0.25, -0.2) is 9.18 Å². The molecule has 238 valence electrons. The number of nitrogens with two attached hydrogens (primary N) is 1. The van der Waals surface area contributed by atoms with Crippen LogP contribution in [0.25, 0.3) is 0 Å². The van der Waals surface area contributed by atoms with E-state index in [9.17, 15) is 18.8 Å². The molecule has 1 aromatic rings. The Morgan fingerprint density at radius 2 is 2.00 bits per heavy atom.